The third kappa shape index (κ3) is 31.7. The van der Waals surface area contributed by atoms with Crippen LogP contribution in [0.1, 0.15) is 183 Å². The molecule has 0 amide bonds. The zero-order valence-corrected chi connectivity index (χ0v) is 23.7. The van der Waals surface area contributed by atoms with Gasteiger partial charge in [0, 0.05) is 0 Å². The van der Waals surface area contributed by atoms with Crippen LogP contribution in [-0.2, 0) is 0 Å². The van der Waals surface area contributed by atoms with E-state index in [9.17, 15) is 0 Å². The molecule has 0 aliphatic carbocycles. The first-order chi connectivity index (χ1) is 15.6. The van der Waals surface area contributed by atoms with Crippen molar-refractivity contribution in [2.24, 2.45) is 0 Å². The van der Waals surface area contributed by atoms with Crippen LogP contribution >= 0.6 is 0 Å². The Morgan fingerprint density at radius 3 is 1.16 bits per heavy atom. The fourth-order valence-corrected chi connectivity index (χ4v) is 4.04. The van der Waals surface area contributed by atoms with Crippen molar-refractivity contribution in [1.29, 1.82) is 0 Å². The largest absolute Gasteiger partial charge is 0.0856 e. The maximum absolute atomic E-state index is 2.47. The third-order valence-electron chi connectivity index (χ3n) is 6.45. The zero-order chi connectivity index (χ0) is 24.1. The normalized spacial score (nSPS) is 12.1. The molecule has 192 valence electrons. The van der Waals surface area contributed by atoms with Crippen molar-refractivity contribution in [3.05, 3.63) is 23.3 Å². The van der Waals surface area contributed by atoms with E-state index in [-0.39, 0.29) is 0 Å². The second-order valence-electron chi connectivity index (χ2n) is 10.1. The van der Waals surface area contributed by atoms with Crippen LogP contribution in [0.15, 0.2) is 23.3 Å². The summed E-state index contributed by atoms with van der Waals surface area (Å²) >= 11 is 0. The SMILES string of the molecule is CCCCC=C(C)CCCCCCCCC.CCCCCCCCC=C(C)CCCCC. The lowest BCUT2D eigenvalue weighted by atomic mass is 10.0. The molecule has 0 atom stereocenters. The minimum Gasteiger partial charge on any atom is -0.0856 e. The van der Waals surface area contributed by atoms with Crippen LogP contribution < -0.4 is 0 Å². The molecule has 0 heterocycles. The van der Waals surface area contributed by atoms with E-state index in [1.165, 1.54) is 141 Å². The standard InChI is InChI=1S/2C16H32/c2*1-4-6-8-9-10-11-13-15-16(3)14-12-7-5-2/h15H,4-14H2,1-3H3;14H,4-13,15H2,1-3H3. The Balaban J connectivity index is 0. The Labute approximate surface area is 206 Å². The molecule has 0 aromatic carbocycles. The molecule has 0 N–H and O–H groups in total. The van der Waals surface area contributed by atoms with E-state index in [2.05, 4.69) is 53.7 Å². The maximum Gasteiger partial charge on any atom is -0.0323 e. The molecule has 0 aliphatic heterocycles. The Kier molecular flexibility index (Phi) is 32.1. The molecular weight excluding hydrogens is 384 g/mol. The van der Waals surface area contributed by atoms with Crippen molar-refractivity contribution in [1.82, 2.24) is 0 Å². The van der Waals surface area contributed by atoms with E-state index in [0.717, 1.165) is 0 Å². The van der Waals surface area contributed by atoms with Gasteiger partial charge < -0.3 is 0 Å². The highest BCUT2D eigenvalue weighted by atomic mass is 14.0. The van der Waals surface area contributed by atoms with Crippen LogP contribution in [0.5, 0.6) is 0 Å². The van der Waals surface area contributed by atoms with Gasteiger partial charge in [-0.05, 0) is 58.8 Å². The van der Waals surface area contributed by atoms with Crippen molar-refractivity contribution in [2.45, 2.75) is 183 Å². The van der Waals surface area contributed by atoms with Gasteiger partial charge >= 0.3 is 0 Å². The lowest BCUT2D eigenvalue weighted by molar-refractivity contribution is 0.588. The molecule has 0 aromatic heterocycles. The van der Waals surface area contributed by atoms with Crippen molar-refractivity contribution in [3.63, 3.8) is 0 Å². The summed E-state index contributed by atoms with van der Waals surface area (Å²) in [4.78, 5) is 0. The van der Waals surface area contributed by atoms with Gasteiger partial charge in [-0.2, -0.15) is 0 Å². The number of unbranched alkanes of at least 4 members (excludes halogenated alkanes) is 16. The van der Waals surface area contributed by atoms with E-state index in [0.29, 0.717) is 0 Å². The van der Waals surface area contributed by atoms with Crippen molar-refractivity contribution in [2.75, 3.05) is 0 Å². The molecule has 0 aromatic rings. The van der Waals surface area contributed by atoms with Gasteiger partial charge in [0.2, 0.25) is 0 Å². The third-order valence-corrected chi connectivity index (χ3v) is 6.45. The van der Waals surface area contributed by atoms with Crippen LogP contribution in [0.3, 0.4) is 0 Å². The molecule has 0 heteroatoms. The number of hydrogen-bond acceptors (Lipinski definition) is 0. The van der Waals surface area contributed by atoms with Gasteiger partial charge in [-0.15, -0.1) is 0 Å². The second-order valence-corrected chi connectivity index (χ2v) is 10.1. The average Bonchev–Trinajstić information content (AvgIpc) is 2.79. The smallest absolute Gasteiger partial charge is 0.0323 e. The fraction of sp³-hybridized carbons (Fsp3) is 0.875. The van der Waals surface area contributed by atoms with E-state index in [4.69, 9.17) is 0 Å². The summed E-state index contributed by atoms with van der Waals surface area (Å²) in [7, 11) is 0. The quantitative estimate of drug-likeness (QED) is 0.114. The Morgan fingerprint density at radius 2 is 0.688 bits per heavy atom. The van der Waals surface area contributed by atoms with Crippen molar-refractivity contribution >= 4 is 0 Å². The summed E-state index contributed by atoms with van der Waals surface area (Å²) in [5.74, 6) is 0. The van der Waals surface area contributed by atoms with E-state index < -0.39 is 0 Å². The molecule has 0 radical (unpaired) electrons. The highest BCUT2D eigenvalue weighted by Gasteiger charge is 1.93. The summed E-state index contributed by atoms with van der Waals surface area (Å²) in [5.41, 5.74) is 3.23. The van der Waals surface area contributed by atoms with Crippen LogP contribution in [0.2, 0.25) is 0 Å². The average molecular weight is 449 g/mol. The lowest BCUT2D eigenvalue weighted by Gasteiger charge is -2.02. The maximum atomic E-state index is 2.47. The summed E-state index contributed by atoms with van der Waals surface area (Å²) < 4.78 is 0. The van der Waals surface area contributed by atoms with E-state index >= 15 is 0 Å². The molecule has 0 aliphatic rings. The van der Waals surface area contributed by atoms with Crippen LogP contribution in [-0.4, -0.2) is 0 Å². The van der Waals surface area contributed by atoms with Crippen molar-refractivity contribution in [3.8, 4) is 0 Å². The lowest BCUT2D eigenvalue weighted by Crippen LogP contribution is -1.82. The van der Waals surface area contributed by atoms with E-state index in [1.54, 1.807) is 11.1 Å². The summed E-state index contributed by atoms with van der Waals surface area (Å²) in [6.45, 7) is 13.7. The molecular formula is C32H64. The topological polar surface area (TPSA) is 0 Å². The van der Waals surface area contributed by atoms with Gasteiger partial charge in [0.15, 0.2) is 0 Å². The number of allylic oxidation sites excluding steroid dienone is 4. The summed E-state index contributed by atoms with van der Waals surface area (Å²) in [5, 5.41) is 0. The Morgan fingerprint density at radius 1 is 0.375 bits per heavy atom. The van der Waals surface area contributed by atoms with Gasteiger partial charge in [0.1, 0.15) is 0 Å². The highest BCUT2D eigenvalue weighted by molar-refractivity contribution is 4.98. The molecule has 0 rings (SSSR count). The fourth-order valence-electron chi connectivity index (χ4n) is 4.04. The number of hydrogen-bond donors (Lipinski definition) is 0. The van der Waals surface area contributed by atoms with Crippen LogP contribution in [0.4, 0.5) is 0 Å². The molecule has 0 saturated carbocycles. The molecule has 0 fully saturated rings. The minimum atomic E-state index is 1.29. The molecule has 0 spiro atoms. The monoisotopic (exact) mass is 449 g/mol. The second kappa shape index (κ2) is 30.5. The van der Waals surface area contributed by atoms with Crippen LogP contribution in [0.25, 0.3) is 0 Å². The Hall–Kier alpha value is -0.520. The highest BCUT2D eigenvalue weighted by Crippen LogP contribution is 2.14. The molecule has 32 heavy (non-hydrogen) atoms. The molecule has 0 saturated heterocycles. The zero-order valence-electron chi connectivity index (χ0n) is 23.7. The predicted molar refractivity (Wildman–Crippen MR) is 152 cm³/mol. The molecule has 0 nitrogen and oxygen atoms in total. The van der Waals surface area contributed by atoms with Gasteiger partial charge in [-0.3, -0.25) is 0 Å². The van der Waals surface area contributed by atoms with E-state index in [1.807, 2.05) is 0 Å². The molecule has 0 unspecified atom stereocenters. The van der Waals surface area contributed by atoms with Gasteiger partial charge in [0.05, 0.1) is 0 Å². The van der Waals surface area contributed by atoms with Gasteiger partial charge in [0.25, 0.3) is 0 Å². The van der Waals surface area contributed by atoms with Gasteiger partial charge in [-0.25, -0.2) is 0 Å². The van der Waals surface area contributed by atoms with Crippen molar-refractivity contribution < 1.29 is 0 Å². The predicted octanol–water partition coefficient (Wildman–Crippen LogP) is 12.5. The number of rotatable bonds is 22. The van der Waals surface area contributed by atoms with Gasteiger partial charge in [-0.1, -0.05) is 147 Å². The first kappa shape index (κ1) is 33.7. The Bertz CT molecular complexity index is 387. The summed E-state index contributed by atoms with van der Waals surface area (Å²) in [6.07, 6.45) is 35.4. The first-order valence-electron chi connectivity index (χ1n) is 14.9. The van der Waals surface area contributed by atoms with Crippen LogP contribution in [0, 0.1) is 0 Å². The molecule has 0 bridgehead atoms. The first-order valence-corrected chi connectivity index (χ1v) is 14.9. The minimum absolute atomic E-state index is 1.29. The summed E-state index contributed by atoms with van der Waals surface area (Å²) in [6, 6.07) is 0.